The van der Waals surface area contributed by atoms with Crippen molar-refractivity contribution in [2.24, 2.45) is 22.8 Å². The zero-order valence-corrected chi connectivity index (χ0v) is 28.6. The third-order valence-electron chi connectivity index (χ3n) is 9.48. The number of nitrogens with zero attached hydrogens (tertiary/aromatic N) is 1. The minimum atomic E-state index is -0.964. The first-order valence-corrected chi connectivity index (χ1v) is 17.5. The molecule has 2 aliphatic rings. The summed E-state index contributed by atoms with van der Waals surface area (Å²) >= 11 is 0. The predicted molar refractivity (Wildman–Crippen MR) is 188 cm³/mol. The van der Waals surface area contributed by atoms with Gasteiger partial charge in [-0.1, -0.05) is 74.5 Å². The number of piperidine rings is 1. The molecule has 0 saturated carbocycles. The molecule has 262 valence electrons. The van der Waals surface area contributed by atoms with Gasteiger partial charge >= 0.3 is 0 Å². The van der Waals surface area contributed by atoms with Crippen molar-refractivity contribution in [2.75, 3.05) is 32.7 Å². The number of carbonyl (C=O) groups is 4. The number of benzene rings is 2. The second-order valence-corrected chi connectivity index (χ2v) is 14.0. The van der Waals surface area contributed by atoms with Gasteiger partial charge in [-0.05, 0) is 81.6 Å². The molecular weight excluding hydrogens is 606 g/mol. The molecule has 0 radical (unpaired) electrons. The van der Waals surface area contributed by atoms with Crippen molar-refractivity contribution >= 4 is 23.6 Å². The van der Waals surface area contributed by atoms with Crippen molar-refractivity contribution in [1.29, 1.82) is 0 Å². The van der Waals surface area contributed by atoms with E-state index in [0.717, 1.165) is 43.5 Å². The molecule has 2 saturated heterocycles. The van der Waals surface area contributed by atoms with E-state index in [0.29, 0.717) is 45.3 Å². The highest BCUT2D eigenvalue weighted by molar-refractivity contribution is 5.95. The molecule has 2 fully saturated rings. The summed E-state index contributed by atoms with van der Waals surface area (Å²) < 4.78 is 0. The molecule has 1 spiro atoms. The van der Waals surface area contributed by atoms with Crippen molar-refractivity contribution in [2.45, 2.75) is 89.4 Å². The van der Waals surface area contributed by atoms with E-state index in [1.165, 1.54) is 0 Å². The zero-order chi connectivity index (χ0) is 34.5. The number of unbranched alkanes of at least 4 members (excludes halogenated alkanes) is 1. The lowest BCUT2D eigenvalue weighted by Crippen LogP contribution is -2.65. The number of amides is 4. The van der Waals surface area contributed by atoms with E-state index in [1.54, 1.807) is 0 Å². The Balaban J connectivity index is 1.45. The van der Waals surface area contributed by atoms with Gasteiger partial charge in [-0.15, -0.1) is 0 Å². The number of rotatable bonds is 17. The molecule has 4 amide bonds. The summed E-state index contributed by atoms with van der Waals surface area (Å²) in [4.78, 5) is 56.6. The van der Waals surface area contributed by atoms with Gasteiger partial charge in [-0.2, -0.15) is 0 Å². The lowest BCUT2D eigenvalue weighted by atomic mass is 9.72. The van der Waals surface area contributed by atoms with Crippen molar-refractivity contribution < 1.29 is 19.2 Å². The maximum absolute atomic E-state index is 13.9. The first-order valence-electron chi connectivity index (χ1n) is 17.5. The summed E-state index contributed by atoms with van der Waals surface area (Å²) in [5.74, 6) is -1.36. The van der Waals surface area contributed by atoms with Gasteiger partial charge in [-0.25, -0.2) is 0 Å². The van der Waals surface area contributed by atoms with Crippen LogP contribution in [0.2, 0.25) is 0 Å². The Morgan fingerprint density at radius 1 is 0.771 bits per heavy atom. The van der Waals surface area contributed by atoms with Crippen molar-refractivity contribution in [3.8, 4) is 0 Å². The molecule has 2 aromatic rings. The summed E-state index contributed by atoms with van der Waals surface area (Å²) in [6.07, 6.45) is 4.91. The van der Waals surface area contributed by atoms with E-state index >= 15 is 0 Å². The fraction of sp³-hybridized carbons (Fsp3) is 0.568. The van der Waals surface area contributed by atoms with Gasteiger partial charge in [-0.3, -0.25) is 19.2 Å². The molecule has 11 heteroatoms. The van der Waals surface area contributed by atoms with Gasteiger partial charge in [0.05, 0.1) is 6.04 Å². The Hall–Kier alpha value is -3.80. The van der Waals surface area contributed by atoms with Gasteiger partial charge < -0.3 is 37.6 Å². The second-order valence-electron chi connectivity index (χ2n) is 14.0. The van der Waals surface area contributed by atoms with Crippen LogP contribution in [0.4, 0.5) is 0 Å². The van der Waals surface area contributed by atoms with Crippen LogP contribution in [0.25, 0.3) is 0 Å². The quantitative estimate of drug-likeness (QED) is 0.140. The number of hydrogen-bond donors (Lipinski definition) is 6. The molecule has 4 unspecified atom stereocenters. The third-order valence-corrected chi connectivity index (χ3v) is 9.48. The molecule has 48 heavy (non-hydrogen) atoms. The summed E-state index contributed by atoms with van der Waals surface area (Å²) in [5, 5.41) is 12.2. The van der Waals surface area contributed by atoms with Crippen LogP contribution >= 0.6 is 0 Å². The molecule has 4 rings (SSSR count). The Morgan fingerprint density at radius 2 is 1.31 bits per heavy atom. The minimum absolute atomic E-state index is 0.0732. The van der Waals surface area contributed by atoms with Gasteiger partial charge in [0.1, 0.15) is 18.1 Å². The Kier molecular flexibility index (Phi) is 14.0. The number of hydrogen-bond acceptors (Lipinski definition) is 7. The summed E-state index contributed by atoms with van der Waals surface area (Å²) in [6, 6.07) is 15.4. The Morgan fingerprint density at radius 3 is 1.90 bits per heavy atom. The highest BCUT2D eigenvalue weighted by atomic mass is 16.2. The molecule has 4 atom stereocenters. The van der Waals surface area contributed by atoms with E-state index < -0.39 is 41.9 Å². The summed E-state index contributed by atoms with van der Waals surface area (Å²) in [7, 11) is 0. The molecule has 11 nitrogen and oxygen atoms in total. The normalized spacial score (nSPS) is 17.9. The number of likely N-dealkylation sites (tertiary alicyclic amines) is 1. The smallest absolute Gasteiger partial charge is 0.245 e. The third kappa shape index (κ3) is 10.9. The molecular formula is C37H55N7O4. The maximum Gasteiger partial charge on any atom is 0.245 e. The highest BCUT2D eigenvalue weighted by Gasteiger charge is 2.47. The van der Waals surface area contributed by atoms with Crippen LogP contribution in [0, 0.1) is 11.3 Å². The minimum Gasteiger partial charge on any atom is -0.343 e. The highest BCUT2D eigenvalue weighted by Crippen LogP contribution is 2.39. The van der Waals surface area contributed by atoms with Crippen LogP contribution in [0.3, 0.4) is 0 Å². The largest absolute Gasteiger partial charge is 0.343 e. The predicted octanol–water partition coefficient (Wildman–Crippen LogP) is 1.64. The van der Waals surface area contributed by atoms with Gasteiger partial charge in [0.2, 0.25) is 23.6 Å². The lowest BCUT2D eigenvalue weighted by Gasteiger charge is -2.53. The van der Waals surface area contributed by atoms with Crippen molar-refractivity contribution in [1.82, 2.24) is 26.2 Å². The first-order chi connectivity index (χ1) is 23.1. The topological polar surface area (TPSA) is 172 Å². The first kappa shape index (κ1) is 37.0. The van der Waals surface area contributed by atoms with Crippen LogP contribution < -0.4 is 32.7 Å². The van der Waals surface area contributed by atoms with Crippen LogP contribution in [-0.4, -0.2) is 85.4 Å². The van der Waals surface area contributed by atoms with Crippen LogP contribution in [0.1, 0.15) is 63.5 Å². The second kappa shape index (κ2) is 18.1. The number of carbonyl (C=O) groups excluding carboxylic acids is 4. The van der Waals surface area contributed by atoms with Gasteiger partial charge in [0.25, 0.3) is 0 Å². The maximum atomic E-state index is 13.9. The molecule has 0 aliphatic carbocycles. The van der Waals surface area contributed by atoms with Gasteiger partial charge in [0, 0.05) is 24.9 Å². The van der Waals surface area contributed by atoms with Crippen LogP contribution in [0.15, 0.2) is 60.7 Å². The molecule has 2 aliphatic heterocycles. The molecule has 2 aromatic carbocycles. The van der Waals surface area contributed by atoms with Crippen molar-refractivity contribution in [3.05, 3.63) is 71.8 Å². The molecule has 8 N–H and O–H groups in total. The number of nitrogens with one attached hydrogen (secondary N) is 4. The molecule has 0 bridgehead atoms. The van der Waals surface area contributed by atoms with E-state index in [2.05, 4.69) is 21.3 Å². The van der Waals surface area contributed by atoms with Crippen LogP contribution in [-0.2, 0) is 32.0 Å². The van der Waals surface area contributed by atoms with Gasteiger partial charge in [0.15, 0.2) is 0 Å². The SMILES string of the molecule is CC(C)CC(NC(=O)C(Cc1ccccc1)NC(=O)C(N)Cc1ccccc1)C(=O)NC(CCCCN)C(=O)N1CC2(CCNCC2)C1. The average molecular weight is 662 g/mol. The summed E-state index contributed by atoms with van der Waals surface area (Å²) in [6.45, 7) is 7.78. The fourth-order valence-electron chi connectivity index (χ4n) is 6.71. The monoisotopic (exact) mass is 661 g/mol. The Bertz CT molecular complexity index is 1330. The van der Waals surface area contributed by atoms with E-state index in [-0.39, 0.29) is 23.7 Å². The average Bonchev–Trinajstić information content (AvgIpc) is 3.06. The van der Waals surface area contributed by atoms with E-state index in [4.69, 9.17) is 11.5 Å². The fourth-order valence-corrected chi connectivity index (χ4v) is 6.71. The Labute approximate surface area is 285 Å². The summed E-state index contributed by atoms with van der Waals surface area (Å²) in [5.41, 5.74) is 13.9. The zero-order valence-electron chi connectivity index (χ0n) is 28.6. The molecule has 0 aromatic heterocycles. The lowest BCUT2D eigenvalue weighted by molar-refractivity contribution is -0.149. The van der Waals surface area contributed by atoms with Crippen LogP contribution in [0.5, 0.6) is 0 Å². The standard InChI is InChI=1S/C37H55N7O4/c1-26(2)21-31(34(46)41-30(15-9-10-18-38)36(48)44-24-37(25-44)16-19-40-20-17-37)43-35(47)32(23-28-13-7-4-8-14-28)42-33(45)29(39)22-27-11-5-3-6-12-27/h3-8,11-14,26,29-32,40H,9-10,15-25,38-39H2,1-2H3,(H,41,46)(H,42,45)(H,43,47). The molecule has 2 heterocycles. The van der Waals surface area contributed by atoms with E-state index in [1.807, 2.05) is 79.4 Å². The van der Waals surface area contributed by atoms with Crippen molar-refractivity contribution in [3.63, 3.8) is 0 Å². The van der Waals surface area contributed by atoms with E-state index in [9.17, 15) is 19.2 Å². The number of nitrogens with two attached hydrogens (primary N) is 2.